The molecule has 0 aliphatic heterocycles. The second kappa shape index (κ2) is 7.98. The summed E-state index contributed by atoms with van der Waals surface area (Å²) >= 11 is 2.32. The summed E-state index contributed by atoms with van der Waals surface area (Å²) in [6.45, 7) is 2.36. The van der Waals surface area contributed by atoms with Crippen molar-refractivity contribution in [2.45, 2.75) is 6.92 Å². The Labute approximate surface area is 139 Å². The van der Waals surface area contributed by atoms with E-state index in [2.05, 4.69) is 47.7 Å². The Morgan fingerprint density at radius 2 is 1.81 bits per heavy atom. The van der Waals surface area contributed by atoms with Crippen molar-refractivity contribution in [1.82, 2.24) is 0 Å². The van der Waals surface area contributed by atoms with Gasteiger partial charge in [0.25, 0.3) is 0 Å². The van der Waals surface area contributed by atoms with Gasteiger partial charge in [0.05, 0.1) is 5.56 Å². The highest BCUT2D eigenvalue weighted by Crippen LogP contribution is 2.18. The van der Waals surface area contributed by atoms with Gasteiger partial charge in [-0.1, -0.05) is 70.6 Å². The fraction of sp³-hybridized carbons (Fsp3) is 0.167. The smallest absolute Gasteiger partial charge is 0.338 e. The molecule has 2 aromatic rings. The Morgan fingerprint density at radius 3 is 2.48 bits per heavy atom. The van der Waals surface area contributed by atoms with Crippen LogP contribution in [0.25, 0.3) is 5.57 Å². The fourth-order valence-corrected chi connectivity index (χ4v) is 2.72. The third-order valence-corrected chi connectivity index (χ3v) is 3.91. The summed E-state index contributed by atoms with van der Waals surface area (Å²) in [6, 6.07) is 17.4. The summed E-state index contributed by atoms with van der Waals surface area (Å²) in [5.74, 6) is -0.288. The molecule has 0 bridgehead atoms. The van der Waals surface area contributed by atoms with Gasteiger partial charge in [0, 0.05) is 4.43 Å². The zero-order valence-electron chi connectivity index (χ0n) is 11.9. The Balaban J connectivity index is 2.00. The Hall–Kier alpha value is -1.62. The molecule has 0 N–H and O–H groups in total. The highest BCUT2D eigenvalue weighted by molar-refractivity contribution is 14.1. The minimum Gasteiger partial charge on any atom is -0.458 e. The molecule has 0 saturated heterocycles. The Morgan fingerprint density at radius 1 is 1.10 bits per heavy atom. The number of alkyl halides is 1. The van der Waals surface area contributed by atoms with Gasteiger partial charge in [0.2, 0.25) is 0 Å². The molecule has 0 saturated carbocycles. The zero-order chi connectivity index (χ0) is 15.1. The van der Waals surface area contributed by atoms with E-state index in [0.29, 0.717) is 12.2 Å². The number of hydrogen-bond acceptors (Lipinski definition) is 2. The molecule has 0 radical (unpaired) electrons. The molecule has 0 aliphatic carbocycles. The summed E-state index contributed by atoms with van der Waals surface area (Å²) in [4.78, 5) is 11.9. The van der Waals surface area contributed by atoms with E-state index in [1.54, 1.807) is 12.1 Å². The van der Waals surface area contributed by atoms with Crippen LogP contribution in [0, 0.1) is 6.92 Å². The lowest BCUT2D eigenvalue weighted by Gasteiger charge is -2.07. The fourth-order valence-electron chi connectivity index (χ4n) is 1.97. The van der Waals surface area contributed by atoms with Gasteiger partial charge in [-0.05, 0) is 36.3 Å². The molecule has 2 aromatic carbocycles. The first kappa shape index (κ1) is 15.8. The summed E-state index contributed by atoms with van der Waals surface area (Å²) in [7, 11) is 0. The first-order chi connectivity index (χ1) is 10.2. The third-order valence-electron chi connectivity index (χ3n) is 3.09. The molecule has 0 fully saturated rings. The first-order valence-electron chi connectivity index (χ1n) is 6.75. The van der Waals surface area contributed by atoms with Crippen LogP contribution >= 0.6 is 22.6 Å². The van der Waals surface area contributed by atoms with E-state index < -0.39 is 0 Å². The van der Waals surface area contributed by atoms with Crippen molar-refractivity contribution in [3.05, 3.63) is 77.4 Å². The quantitative estimate of drug-likeness (QED) is 0.420. The Bertz CT molecular complexity index is 633. The number of benzene rings is 2. The number of hydrogen-bond donors (Lipinski definition) is 0. The van der Waals surface area contributed by atoms with Crippen molar-refractivity contribution in [3.63, 3.8) is 0 Å². The lowest BCUT2D eigenvalue weighted by molar-refractivity contribution is 0.0550. The van der Waals surface area contributed by atoms with Crippen LogP contribution in [0.4, 0.5) is 0 Å². The van der Waals surface area contributed by atoms with Crippen molar-refractivity contribution < 1.29 is 9.53 Å². The average Bonchev–Trinajstić information content (AvgIpc) is 2.52. The van der Waals surface area contributed by atoms with E-state index in [1.807, 2.05) is 30.3 Å². The van der Waals surface area contributed by atoms with Crippen molar-refractivity contribution in [2.75, 3.05) is 11.0 Å². The third kappa shape index (κ3) is 4.70. The van der Waals surface area contributed by atoms with Crippen molar-refractivity contribution in [2.24, 2.45) is 0 Å². The first-order valence-corrected chi connectivity index (χ1v) is 8.27. The largest absolute Gasteiger partial charge is 0.458 e. The predicted molar refractivity (Wildman–Crippen MR) is 94.8 cm³/mol. The standard InChI is InChI=1S/C18H17IO2/c1-14-6-5-9-16(12-14)17(13-19)10-11-21-18(20)15-7-3-2-4-8-15/h2-10,12H,11,13H2,1H3/b17-10-. The van der Waals surface area contributed by atoms with E-state index in [9.17, 15) is 4.79 Å². The van der Waals surface area contributed by atoms with Gasteiger partial charge < -0.3 is 4.74 Å². The van der Waals surface area contributed by atoms with Gasteiger partial charge in [0.1, 0.15) is 6.61 Å². The van der Waals surface area contributed by atoms with Crippen molar-refractivity contribution in [3.8, 4) is 0 Å². The zero-order valence-corrected chi connectivity index (χ0v) is 14.0. The Kier molecular flexibility index (Phi) is 5.99. The highest BCUT2D eigenvalue weighted by atomic mass is 127. The number of carbonyl (C=O) groups is 1. The molecule has 108 valence electrons. The molecule has 0 atom stereocenters. The number of allylic oxidation sites excluding steroid dienone is 1. The lowest BCUT2D eigenvalue weighted by Crippen LogP contribution is -2.05. The molecule has 2 nitrogen and oxygen atoms in total. The molecule has 2 rings (SSSR count). The van der Waals surface area contributed by atoms with Crippen LogP contribution in [-0.4, -0.2) is 17.0 Å². The van der Waals surface area contributed by atoms with Crippen LogP contribution in [0.15, 0.2) is 60.7 Å². The van der Waals surface area contributed by atoms with Crippen LogP contribution in [0.3, 0.4) is 0 Å². The molecule has 3 heteroatoms. The SMILES string of the molecule is Cc1cccc(/C(=C\COC(=O)c2ccccc2)CI)c1. The second-order valence-corrected chi connectivity index (χ2v) is 5.46. The molecule has 21 heavy (non-hydrogen) atoms. The molecule has 0 amide bonds. The number of halogens is 1. The summed E-state index contributed by atoms with van der Waals surface area (Å²) < 4.78 is 6.17. The lowest BCUT2D eigenvalue weighted by atomic mass is 10.1. The van der Waals surface area contributed by atoms with Crippen LogP contribution in [-0.2, 0) is 4.74 Å². The minimum atomic E-state index is -0.288. The van der Waals surface area contributed by atoms with Crippen LogP contribution in [0.2, 0.25) is 0 Å². The number of ether oxygens (including phenoxy) is 1. The topological polar surface area (TPSA) is 26.3 Å². The molecule has 0 aliphatic rings. The van der Waals surface area contributed by atoms with Gasteiger partial charge in [0.15, 0.2) is 0 Å². The summed E-state index contributed by atoms with van der Waals surface area (Å²) in [5.41, 5.74) is 4.17. The van der Waals surface area contributed by atoms with Gasteiger partial charge in [-0.3, -0.25) is 0 Å². The van der Waals surface area contributed by atoms with Gasteiger partial charge in [-0.25, -0.2) is 4.79 Å². The minimum absolute atomic E-state index is 0.288. The van der Waals surface area contributed by atoms with Crippen LogP contribution in [0.1, 0.15) is 21.5 Å². The van der Waals surface area contributed by atoms with E-state index >= 15 is 0 Å². The molecule has 0 unspecified atom stereocenters. The van der Waals surface area contributed by atoms with Gasteiger partial charge in [-0.2, -0.15) is 0 Å². The number of carbonyl (C=O) groups excluding carboxylic acids is 1. The maximum Gasteiger partial charge on any atom is 0.338 e. The molecule has 0 spiro atoms. The monoisotopic (exact) mass is 392 g/mol. The van der Waals surface area contributed by atoms with Crippen LogP contribution in [0.5, 0.6) is 0 Å². The van der Waals surface area contributed by atoms with Crippen molar-refractivity contribution >= 4 is 34.1 Å². The van der Waals surface area contributed by atoms with Crippen LogP contribution < -0.4 is 0 Å². The average molecular weight is 392 g/mol. The van der Waals surface area contributed by atoms with E-state index in [0.717, 1.165) is 4.43 Å². The van der Waals surface area contributed by atoms with Gasteiger partial charge >= 0.3 is 5.97 Å². The predicted octanol–water partition coefficient (Wildman–Crippen LogP) is 4.67. The molecular formula is C18H17IO2. The van der Waals surface area contributed by atoms with E-state index in [4.69, 9.17) is 4.74 Å². The molecule has 0 aromatic heterocycles. The molecule has 0 heterocycles. The highest BCUT2D eigenvalue weighted by Gasteiger charge is 2.05. The normalized spacial score (nSPS) is 11.2. The van der Waals surface area contributed by atoms with E-state index in [-0.39, 0.29) is 5.97 Å². The number of aryl methyl sites for hydroxylation is 1. The maximum atomic E-state index is 11.9. The van der Waals surface area contributed by atoms with Crippen molar-refractivity contribution in [1.29, 1.82) is 0 Å². The summed E-state index contributed by atoms with van der Waals surface area (Å²) in [5, 5.41) is 0. The molecular weight excluding hydrogens is 375 g/mol. The summed E-state index contributed by atoms with van der Waals surface area (Å²) in [6.07, 6.45) is 1.97. The van der Waals surface area contributed by atoms with E-state index in [1.165, 1.54) is 16.7 Å². The van der Waals surface area contributed by atoms with Gasteiger partial charge in [-0.15, -0.1) is 0 Å². The second-order valence-electron chi connectivity index (χ2n) is 4.70. The number of rotatable bonds is 5. The number of esters is 1. The maximum absolute atomic E-state index is 11.9.